The number of nitrogens with zero attached hydrogens (tertiary/aromatic N) is 3. The third-order valence-corrected chi connectivity index (χ3v) is 6.27. The van der Waals surface area contributed by atoms with Gasteiger partial charge in [0.1, 0.15) is 6.04 Å². The minimum absolute atomic E-state index is 0.0974. The summed E-state index contributed by atoms with van der Waals surface area (Å²) >= 11 is 0. The van der Waals surface area contributed by atoms with E-state index in [1.54, 1.807) is 17.9 Å². The van der Waals surface area contributed by atoms with Gasteiger partial charge in [-0.25, -0.2) is 0 Å². The Morgan fingerprint density at radius 1 is 0.939 bits per heavy atom. The van der Waals surface area contributed by atoms with Gasteiger partial charge in [-0.3, -0.25) is 19.3 Å². The summed E-state index contributed by atoms with van der Waals surface area (Å²) in [6.45, 7) is 4.83. The van der Waals surface area contributed by atoms with E-state index in [0.717, 1.165) is 17.7 Å². The summed E-state index contributed by atoms with van der Waals surface area (Å²) in [6.07, 6.45) is 3.96. The summed E-state index contributed by atoms with van der Waals surface area (Å²) in [4.78, 5) is 43.8. The first-order valence-corrected chi connectivity index (χ1v) is 11.5. The van der Waals surface area contributed by atoms with E-state index in [1.165, 1.54) is 6.08 Å². The highest BCUT2D eigenvalue weighted by molar-refractivity contribution is 5.99. The van der Waals surface area contributed by atoms with E-state index in [-0.39, 0.29) is 23.8 Å². The third kappa shape index (κ3) is 5.49. The largest absolute Gasteiger partial charge is 0.341 e. The first-order chi connectivity index (χ1) is 16.0. The van der Waals surface area contributed by atoms with E-state index in [1.807, 2.05) is 65.6 Å². The van der Waals surface area contributed by atoms with E-state index in [4.69, 9.17) is 0 Å². The second-order valence-corrected chi connectivity index (χ2v) is 8.47. The fourth-order valence-electron chi connectivity index (χ4n) is 4.46. The molecule has 2 atom stereocenters. The lowest BCUT2D eigenvalue weighted by Gasteiger charge is -2.38. The van der Waals surface area contributed by atoms with Crippen LogP contribution in [0.1, 0.15) is 18.9 Å². The summed E-state index contributed by atoms with van der Waals surface area (Å²) < 4.78 is 0. The van der Waals surface area contributed by atoms with Crippen LogP contribution in [0.25, 0.3) is 6.08 Å². The molecule has 7 heteroatoms. The Balaban J connectivity index is 1.25. The van der Waals surface area contributed by atoms with Crippen molar-refractivity contribution in [2.45, 2.75) is 25.4 Å². The SMILES string of the molecule is CC(NC(=O)/C=C/c1ccccc1)C(=O)N1CCN(C2CCN(c3ccccc3)C2=O)CC1. The fourth-order valence-corrected chi connectivity index (χ4v) is 4.46. The molecule has 2 heterocycles. The van der Waals surface area contributed by atoms with Gasteiger partial charge in [0, 0.05) is 44.5 Å². The number of amides is 3. The van der Waals surface area contributed by atoms with Crippen LogP contribution in [0.4, 0.5) is 5.69 Å². The van der Waals surface area contributed by atoms with Crippen molar-refractivity contribution >= 4 is 29.5 Å². The predicted molar refractivity (Wildman–Crippen MR) is 128 cm³/mol. The van der Waals surface area contributed by atoms with Crippen molar-refractivity contribution in [1.29, 1.82) is 0 Å². The lowest BCUT2D eigenvalue weighted by atomic mass is 10.1. The summed E-state index contributed by atoms with van der Waals surface area (Å²) in [7, 11) is 0. The Morgan fingerprint density at radius 2 is 1.58 bits per heavy atom. The van der Waals surface area contributed by atoms with Crippen LogP contribution in [0, 0.1) is 0 Å². The van der Waals surface area contributed by atoms with Crippen LogP contribution >= 0.6 is 0 Å². The molecule has 0 aliphatic carbocycles. The van der Waals surface area contributed by atoms with Gasteiger partial charge in [-0.2, -0.15) is 0 Å². The summed E-state index contributed by atoms with van der Waals surface area (Å²) in [5.74, 6) is -0.262. The second kappa shape index (κ2) is 10.4. The Kier molecular flexibility index (Phi) is 7.19. The molecule has 0 saturated carbocycles. The molecular weight excluding hydrogens is 416 g/mol. The summed E-state index contributed by atoms with van der Waals surface area (Å²) in [6, 6.07) is 18.6. The molecule has 0 bridgehead atoms. The Morgan fingerprint density at radius 3 is 2.24 bits per heavy atom. The molecule has 0 spiro atoms. The molecule has 0 aromatic heterocycles. The average molecular weight is 447 g/mol. The molecule has 2 aromatic carbocycles. The minimum atomic E-state index is -0.605. The number of carbonyl (C=O) groups excluding carboxylic acids is 3. The van der Waals surface area contributed by atoms with E-state index in [2.05, 4.69) is 10.2 Å². The van der Waals surface area contributed by atoms with E-state index in [0.29, 0.717) is 32.7 Å². The zero-order chi connectivity index (χ0) is 23.2. The molecule has 7 nitrogen and oxygen atoms in total. The molecule has 2 unspecified atom stereocenters. The van der Waals surface area contributed by atoms with Gasteiger partial charge in [0.2, 0.25) is 17.7 Å². The molecule has 0 radical (unpaired) electrons. The monoisotopic (exact) mass is 446 g/mol. The molecule has 4 rings (SSSR count). The van der Waals surface area contributed by atoms with E-state index >= 15 is 0 Å². The van der Waals surface area contributed by atoms with Crippen LogP contribution in [0.3, 0.4) is 0 Å². The normalized spacial score (nSPS) is 20.3. The lowest BCUT2D eigenvalue weighted by molar-refractivity contribution is -0.137. The van der Waals surface area contributed by atoms with Crippen molar-refractivity contribution in [2.75, 3.05) is 37.6 Å². The first-order valence-electron chi connectivity index (χ1n) is 11.5. The molecule has 2 aliphatic rings. The highest BCUT2D eigenvalue weighted by Crippen LogP contribution is 2.25. The number of hydrogen-bond donors (Lipinski definition) is 1. The number of hydrogen-bond acceptors (Lipinski definition) is 4. The number of benzene rings is 2. The maximum absolute atomic E-state index is 13.0. The van der Waals surface area contributed by atoms with Crippen molar-refractivity contribution in [3.63, 3.8) is 0 Å². The van der Waals surface area contributed by atoms with Crippen LogP contribution in [-0.4, -0.2) is 72.3 Å². The van der Waals surface area contributed by atoms with Gasteiger partial charge in [-0.1, -0.05) is 48.5 Å². The number of para-hydroxylation sites is 1. The van der Waals surface area contributed by atoms with Gasteiger partial charge in [0.25, 0.3) is 0 Å². The van der Waals surface area contributed by atoms with Crippen LogP contribution in [0.15, 0.2) is 66.7 Å². The quantitative estimate of drug-likeness (QED) is 0.691. The number of piperazine rings is 1. The van der Waals surface area contributed by atoms with Crippen LogP contribution in [0.5, 0.6) is 0 Å². The smallest absolute Gasteiger partial charge is 0.244 e. The summed E-state index contributed by atoms with van der Waals surface area (Å²) in [5, 5.41) is 2.75. The Labute approximate surface area is 194 Å². The molecule has 1 N–H and O–H groups in total. The van der Waals surface area contributed by atoms with Gasteiger partial charge >= 0.3 is 0 Å². The lowest BCUT2D eigenvalue weighted by Crippen LogP contribution is -2.56. The first kappa shape index (κ1) is 22.7. The molecule has 2 fully saturated rings. The minimum Gasteiger partial charge on any atom is -0.341 e. The van der Waals surface area contributed by atoms with Gasteiger partial charge in [0.15, 0.2) is 0 Å². The number of anilines is 1. The molecule has 3 amide bonds. The van der Waals surface area contributed by atoms with E-state index < -0.39 is 6.04 Å². The van der Waals surface area contributed by atoms with Crippen molar-refractivity contribution in [3.05, 3.63) is 72.3 Å². The molecule has 2 aliphatic heterocycles. The maximum Gasteiger partial charge on any atom is 0.244 e. The van der Waals surface area contributed by atoms with Crippen molar-refractivity contribution < 1.29 is 14.4 Å². The predicted octanol–water partition coefficient (Wildman–Crippen LogP) is 2.15. The van der Waals surface area contributed by atoms with E-state index in [9.17, 15) is 14.4 Å². The van der Waals surface area contributed by atoms with Crippen LogP contribution in [0.2, 0.25) is 0 Å². The number of carbonyl (C=O) groups is 3. The van der Waals surface area contributed by atoms with Crippen molar-refractivity contribution in [2.24, 2.45) is 0 Å². The zero-order valence-electron chi connectivity index (χ0n) is 18.9. The highest BCUT2D eigenvalue weighted by atomic mass is 16.2. The number of rotatable bonds is 6. The van der Waals surface area contributed by atoms with Gasteiger partial charge < -0.3 is 15.1 Å². The fraction of sp³-hybridized carbons (Fsp3) is 0.346. The van der Waals surface area contributed by atoms with Gasteiger partial charge in [-0.05, 0) is 37.1 Å². The molecule has 172 valence electrons. The molecule has 33 heavy (non-hydrogen) atoms. The number of nitrogens with one attached hydrogen (secondary N) is 1. The topological polar surface area (TPSA) is 73.0 Å². The maximum atomic E-state index is 13.0. The molecular formula is C26H30N4O3. The summed E-state index contributed by atoms with van der Waals surface area (Å²) in [5.41, 5.74) is 1.86. The van der Waals surface area contributed by atoms with Crippen LogP contribution < -0.4 is 10.2 Å². The second-order valence-electron chi connectivity index (χ2n) is 8.47. The zero-order valence-corrected chi connectivity index (χ0v) is 18.9. The Bertz CT molecular complexity index is 1000. The van der Waals surface area contributed by atoms with Crippen molar-refractivity contribution in [3.8, 4) is 0 Å². The molecule has 2 saturated heterocycles. The average Bonchev–Trinajstić information content (AvgIpc) is 3.24. The van der Waals surface area contributed by atoms with Gasteiger partial charge in [-0.15, -0.1) is 0 Å². The standard InChI is InChI=1S/C26H30N4O3/c1-20(27-24(31)13-12-21-8-4-2-5-9-21)25(32)29-18-16-28(17-19-29)23-14-15-30(26(23)33)22-10-6-3-7-11-22/h2-13,20,23H,14-19H2,1H3,(H,27,31)/b13-12+. The Hall–Kier alpha value is -3.45. The van der Waals surface area contributed by atoms with Gasteiger partial charge in [0.05, 0.1) is 6.04 Å². The highest BCUT2D eigenvalue weighted by Gasteiger charge is 2.38. The molecule has 2 aromatic rings. The van der Waals surface area contributed by atoms with Crippen molar-refractivity contribution in [1.82, 2.24) is 15.1 Å². The third-order valence-electron chi connectivity index (χ3n) is 6.27. The van der Waals surface area contributed by atoms with Crippen LogP contribution in [-0.2, 0) is 14.4 Å².